The molecular weight excluding hydrogens is 386 g/mol. The molecule has 10 nitrogen and oxygen atoms in total. The minimum absolute atomic E-state index is 0.248. The number of amides is 1. The van der Waals surface area contributed by atoms with E-state index >= 15 is 0 Å². The number of ether oxygens (including phenoxy) is 5. The first-order chi connectivity index (χ1) is 13.5. The predicted octanol–water partition coefficient (Wildman–Crippen LogP) is 0.705. The van der Waals surface area contributed by atoms with Crippen LogP contribution in [0.4, 0.5) is 0 Å². The van der Waals surface area contributed by atoms with Crippen LogP contribution in [-0.2, 0) is 42.9 Å². The summed E-state index contributed by atoms with van der Waals surface area (Å²) in [7, 11) is 0. The smallest absolute Gasteiger partial charge is 0.303 e. The van der Waals surface area contributed by atoms with E-state index in [9.17, 15) is 19.2 Å². The van der Waals surface area contributed by atoms with Crippen molar-refractivity contribution in [2.24, 2.45) is 5.92 Å². The monoisotopic (exact) mass is 417 g/mol. The molecule has 5 atom stereocenters. The summed E-state index contributed by atoms with van der Waals surface area (Å²) in [5, 5.41) is 2.65. The van der Waals surface area contributed by atoms with Crippen LogP contribution in [0.25, 0.3) is 0 Å². The van der Waals surface area contributed by atoms with E-state index in [1.165, 1.54) is 27.7 Å². The van der Waals surface area contributed by atoms with Crippen molar-refractivity contribution in [3.05, 3.63) is 0 Å². The lowest BCUT2D eigenvalue weighted by atomic mass is 9.96. The third-order valence-corrected chi connectivity index (χ3v) is 4.05. The van der Waals surface area contributed by atoms with Gasteiger partial charge in [0.05, 0.1) is 6.61 Å². The lowest BCUT2D eigenvalue weighted by Crippen LogP contribution is -2.66. The molecule has 1 aliphatic rings. The number of rotatable bonds is 9. The molecule has 1 saturated heterocycles. The van der Waals surface area contributed by atoms with Crippen LogP contribution in [0.1, 0.15) is 48.0 Å². The van der Waals surface area contributed by atoms with Gasteiger partial charge >= 0.3 is 17.9 Å². The van der Waals surface area contributed by atoms with E-state index in [1.54, 1.807) is 0 Å². The van der Waals surface area contributed by atoms with Gasteiger partial charge in [-0.2, -0.15) is 0 Å². The molecule has 10 heteroatoms. The zero-order valence-electron chi connectivity index (χ0n) is 17.8. The van der Waals surface area contributed by atoms with Gasteiger partial charge < -0.3 is 29.0 Å². The number of carbonyl (C=O) groups is 4. The molecule has 0 aromatic heterocycles. The molecule has 29 heavy (non-hydrogen) atoms. The number of esters is 3. The topological polar surface area (TPSA) is 126 Å². The highest BCUT2D eigenvalue weighted by molar-refractivity contribution is 5.73. The fourth-order valence-electron chi connectivity index (χ4n) is 2.85. The molecule has 1 fully saturated rings. The molecule has 166 valence electrons. The van der Waals surface area contributed by atoms with Gasteiger partial charge in [0.25, 0.3) is 0 Å². The Labute approximate surface area is 170 Å². The van der Waals surface area contributed by atoms with Gasteiger partial charge in [0.15, 0.2) is 18.5 Å². The largest absolute Gasteiger partial charge is 0.463 e. The quantitative estimate of drug-likeness (QED) is 0.426. The van der Waals surface area contributed by atoms with Crippen molar-refractivity contribution in [2.45, 2.75) is 78.6 Å². The van der Waals surface area contributed by atoms with E-state index in [0.29, 0.717) is 12.5 Å². The second-order valence-electron chi connectivity index (χ2n) is 7.27. The second-order valence-corrected chi connectivity index (χ2v) is 7.27. The number of hydrogen-bond acceptors (Lipinski definition) is 9. The summed E-state index contributed by atoms with van der Waals surface area (Å²) in [5.74, 6) is -1.89. The standard InChI is InChI=1S/C19H31NO9/c1-10(2)7-8-25-19-16(20-11(3)21)18(28-14(6)24)17(27-13(5)23)15(29-19)9-26-12(4)22/h10,15-19H,7-9H2,1-6H3,(H,20,21)/t15-,16-,17+,18-,19+/m0/s1. The van der Waals surface area contributed by atoms with Crippen molar-refractivity contribution in [3.63, 3.8) is 0 Å². The normalized spacial score (nSPS) is 26.5. The molecule has 0 unspecified atom stereocenters. The van der Waals surface area contributed by atoms with Gasteiger partial charge in [0, 0.05) is 27.7 Å². The highest BCUT2D eigenvalue weighted by atomic mass is 16.7. The van der Waals surface area contributed by atoms with E-state index in [1.807, 2.05) is 13.8 Å². The molecule has 1 N–H and O–H groups in total. The van der Waals surface area contributed by atoms with Gasteiger partial charge in [-0.15, -0.1) is 0 Å². The zero-order chi connectivity index (χ0) is 22.1. The summed E-state index contributed by atoms with van der Waals surface area (Å²) >= 11 is 0. The molecule has 0 radical (unpaired) electrons. The summed E-state index contributed by atoms with van der Waals surface area (Å²) in [6.45, 7) is 9.03. The molecule has 1 aliphatic heterocycles. The first-order valence-electron chi connectivity index (χ1n) is 9.53. The summed E-state index contributed by atoms with van der Waals surface area (Å²) in [6, 6.07) is -0.929. The predicted molar refractivity (Wildman–Crippen MR) is 99.4 cm³/mol. The van der Waals surface area contributed by atoms with Gasteiger partial charge in [-0.3, -0.25) is 19.2 Å². The molecule has 0 spiro atoms. The number of nitrogens with one attached hydrogen (secondary N) is 1. The Hall–Kier alpha value is -2.20. The number of hydrogen-bond donors (Lipinski definition) is 1. The fraction of sp³-hybridized carbons (Fsp3) is 0.789. The van der Waals surface area contributed by atoms with Crippen LogP contribution in [0, 0.1) is 5.92 Å². The SMILES string of the molecule is CC(=O)N[C@@H]1[C@H](OCCC(C)C)O[C@@H](COC(C)=O)[C@@H](OC(C)=O)[C@H]1OC(C)=O. The van der Waals surface area contributed by atoms with E-state index in [4.69, 9.17) is 23.7 Å². The molecule has 0 aromatic rings. The Kier molecular flexibility index (Phi) is 10.0. The number of carbonyl (C=O) groups excluding carboxylic acids is 4. The maximum Gasteiger partial charge on any atom is 0.303 e. The minimum Gasteiger partial charge on any atom is -0.463 e. The van der Waals surface area contributed by atoms with E-state index in [-0.39, 0.29) is 6.61 Å². The van der Waals surface area contributed by atoms with Crippen molar-refractivity contribution in [1.29, 1.82) is 0 Å². The van der Waals surface area contributed by atoms with Crippen molar-refractivity contribution in [3.8, 4) is 0 Å². The van der Waals surface area contributed by atoms with E-state index in [2.05, 4.69) is 5.32 Å². The molecule has 1 heterocycles. The van der Waals surface area contributed by atoms with Crippen LogP contribution in [0.5, 0.6) is 0 Å². The lowest BCUT2D eigenvalue weighted by Gasteiger charge is -2.45. The maximum atomic E-state index is 11.8. The summed E-state index contributed by atoms with van der Waals surface area (Å²) in [5.41, 5.74) is 0. The third-order valence-electron chi connectivity index (χ3n) is 4.05. The van der Waals surface area contributed by atoms with Gasteiger partial charge in [0.1, 0.15) is 18.8 Å². The van der Waals surface area contributed by atoms with Crippen molar-refractivity contribution in [2.75, 3.05) is 13.2 Å². The third kappa shape index (κ3) is 8.78. The second kappa shape index (κ2) is 11.7. The fourth-order valence-corrected chi connectivity index (χ4v) is 2.85. The van der Waals surface area contributed by atoms with E-state index in [0.717, 1.165) is 6.42 Å². The zero-order valence-corrected chi connectivity index (χ0v) is 17.8. The maximum absolute atomic E-state index is 11.8. The van der Waals surface area contributed by atoms with E-state index < -0.39 is 54.5 Å². The van der Waals surface area contributed by atoms with Crippen LogP contribution in [-0.4, -0.2) is 67.7 Å². The van der Waals surface area contributed by atoms with Crippen LogP contribution in [0.2, 0.25) is 0 Å². The van der Waals surface area contributed by atoms with Gasteiger partial charge in [-0.1, -0.05) is 13.8 Å². The Morgan fingerprint density at radius 2 is 1.52 bits per heavy atom. The van der Waals surface area contributed by atoms with Crippen LogP contribution >= 0.6 is 0 Å². The molecular formula is C19H31NO9. The highest BCUT2D eigenvalue weighted by Gasteiger charge is 2.51. The van der Waals surface area contributed by atoms with Crippen molar-refractivity contribution in [1.82, 2.24) is 5.32 Å². The molecule has 1 amide bonds. The van der Waals surface area contributed by atoms with Crippen molar-refractivity contribution >= 4 is 23.8 Å². The Morgan fingerprint density at radius 1 is 0.931 bits per heavy atom. The Balaban J connectivity index is 3.21. The lowest BCUT2D eigenvalue weighted by molar-refractivity contribution is -0.278. The van der Waals surface area contributed by atoms with Crippen LogP contribution < -0.4 is 5.32 Å². The molecule has 0 aromatic carbocycles. The Morgan fingerprint density at radius 3 is 2.00 bits per heavy atom. The van der Waals surface area contributed by atoms with Crippen molar-refractivity contribution < 1.29 is 42.9 Å². The Bertz CT molecular complexity index is 592. The van der Waals surface area contributed by atoms with Gasteiger partial charge in [-0.25, -0.2) is 0 Å². The first kappa shape index (κ1) is 24.8. The highest BCUT2D eigenvalue weighted by Crippen LogP contribution is 2.28. The van der Waals surface area contributed by atoms with Gasteiger partial charge in [0.2, 0.25) is 5.91 Å². The molecule has 0 saturated carbocycles. The molecule has 1 rings (SSSR count). The summed E-state index contributed by atoms with van der Waals surface area (Å²) in [4.78, 5) is 46.4. The molecule has 0 aliphatic carbocycles. The average molecular weight is 417 g/mol. The molecule has 0 bridgehead atoms. The van der Waals surface area contributed by atoms with Crippen LogP contribution in [0.3, 0.4) is 0 Å². The van der Waals surface area contributed by atoms with Crippen LogP contribution in [0.15, 0.2) is 0 Å². The summed E-state index contributed by atoms with van der Waals surface area (Å²) in [6.07, 6.45) is -3.45. The first-order valence-corrected chi connectivity index (χ1v) is 9.53. The average Bonchev–Trinajstić information content (AvgIpc) is 2.56. The summed E-state index contributed by atoms with van der Waals surface area (Å²) < 4.78 is 27.4. The van der Waals surface area contributed by atoms with Gasteiger partial charge in [-0.05, 0) is 12.3 Å². The minimum atomic E-state index is -1.11.